The van der Waals surface area contributed by atoms with Crippen LogP contribution in [0.25, 0.3) is 10.9 Å². The molecule has 1 aromatic heterocycles. The van der Waals surface area contributed by atoms with E-state index in [4.69, 9.17) is 9.47 Å². The van der Waals surface area contributed by atoms with Gasteiger partial charge in [-0.3, -0.25) is 0 Å². The summed E-state index contributed by atoms with van der Waals surface area (Å²) in [5.74, 6) is -0.482. The summed E-state index contributed by atoms with van der Waals surface area (Å²) in [6, 6.07) is 26.1. The van der Waals surface area contributed by atoms with Crippen molar-refractivity contribution in [3.63, 3.8) is 0 Å². The average molecular weight is 528 g/mol. The smallest absolute Gasteiger partial charge is 0.430 e. The standard InChI is InChI=1S/C31H33N3O5/c1-4-26(28-22(2)32-27-18-12-11-17-25(27)28)31(3,21-35)34(30(37)39-20-24-15-9-6-10-16-24)33-29(36)38-19-23-13-7-5-8-14-23/h5-18,21,26,32H,4,19-20H2,1-3H3,(H,33,36)/t26-,31-/m1/s1. The fraction of sp³-hybridized carbons (Fsp3) is 0.258. The van der Waals surface area contributed by atoms with Crippen molar-refractivity contribution in [1.82, 2.24) is 15.4 Å². The molecule has 0 aliphatic rings. The normalized spacial score (nSPS) is 13.2. The van der Waals surface area contributed by atoms with Gasteiger partial charge in [0.15, 0.2) is 0 Å². The quantitative estimate of drug-likeness (QED) is 0.194. The lowest BCUT2D eigenvalue weighted by atomic mass is 9.78. The number of aromatic nitrogens is 1. The molecule has 0 saturated carbocycles. The monoisotopic (exact) mass is 527 g/mol. The molecule has 0 saturated heterocycles. The number of H-pyrrole nitrogens is 1. The molecule has 4 aromatic rings. The van der Waals surface area contributed by atoms with Gasteiger partial charge in [-0.15, -0.1) is 0 Å². The van der Waals surface area contributed by atoms with Crippen molar-refractivity contribution < 1.29 is 23.9 Å². The first-order chi connectivity index (χ1) is 18.9. The Bertz CT molecular complexity index is 1420. The molecule has 8 nitrogen and oxygen atoms in total. The van der Waals surface area contributed by atoms with Crippen LogP contribution in [-0.4, -0.2) is 34.0 Å². The van der Waals surface area contributed by atoms with Crippen LogP contribution in [0.1, 0.15) is 48.6 Å². The Balaban J connectivity index is 1.66. The third kappa shape index (κ3) is 6.12. The molecule has 202 valence electrons. The van der Waals surface area contributed by atoms with Crippen molar-refractivity contribution in [3.8, 4) is 0 Å². The SMILES string of the molecule is CC[C@H](c1c(C)[nH]c2ccccc12)[C@@](C)(C=O)N(NC(=O)OCc1ccccc1)C(=O)OCc1ccccc1. The molecule has 0 aliphatic carbocycles. The highest BCUT2D eigenvalue weighted by molar-refractivity contribution is 5.87. The molecule has 0 bridgehead atoms. The number of rotatable bonds is 9. The molecule has 0 radical (unpaired) electrons. The first-order valence-corrected chi connectivity index (χ1v) is 12.9. The van der Waals surface area contributed by atoms with Gasteiger partial charge < -0.3 is 19.3 Å². The van der Waals surface area contributed by atoms with Crippen molar-refractivity contribution in [2.75, 3.05) is 0 Å². The number of carbonyl (C=O) groups excluding carboxylic acids is 3. The van der Waals surface area contributed by atoms with E-state index in [2.05, 4.69) is 10.4 Å². The van der Waals surface area contributed by atoms with Gasteiger partial charge in [-0.1, -0.05) is 85.8 Å². The number of ether oxygens (including phenoxy) is 2. The van der Waals surface area contributed by atoms with Gasteiger partial charge in [0.25, 0.3) is 0 Å². The van der Waals surface area contributed by atoms with Crippen LogP contribution >= 0.6 is 0 Å². The molecule has 0 unspecified atom stereocenters. The number of aldehydes is 1. The number of aryl methyl sites for hydroxylation is 1. The molecule has 4 rings (SSSR count). The van der Waals surface area contributed by atoms with E-state index in [1.165, 1.54) is 0 Å². The van der Waals surface area contributed by atoms with Crippen molar-refractivity contribution in [2.45, 2.75) is 51.9 Å². The summed E-state index contributed by atoms with van der Waals surface area (Å²) in [4.78, 5) is 42.7. The summed E-state index contributed by atoms with van der Waals surface area (Å²) in [5, 5.41) is 1.91. The van der Waals surface area contributed by atoms with E-state index in [-0.39, 0.29) is 13.2 Å². The van der Waals surface area contributed by atoms with Gasteiger partial charge in [0, 0.05) is 22.5 Å². The first-order valence-electron chi connectivity index (χ1n) is 12.9. The van der Waals surface area contributed by atoms with E-state index in [0.29, 0.717) is 12.7 Å². The van der Waals surface area contributed by atoms with E-state index in [1.54, 1.807) is 6.92 Å². The van der Waals surface area contributed by atoms with Crippen molar-refractivity contribution >= 4 is 29.4 Å². The predicted molar refractivity (Wildman–Crippen MR) is 149 cm³/mol. The Kier molecular flexibility index (Phi) is 8.66. The summed E-state index contributed by atoms with van der Waals surface area (Å²) < 4.78 is 11.0. The van der Waals surface area contributed by atoms with E-state index >= 15 is 0 Å². The minimum atomic E-state index is -1.51. The van der Waals surface area contributed by atoms with Crippen molar-refractivity contribution in [2.24, 2.45) is 0 Å². The number of para-hydroxylation sites is 1. The maximum Gasteiger partial charge on any atom is 0.430 e. The summed E-state index contributed by atoms with van der Waals surface area (Å²) >= 11 is 0. The molecule has 3 aromatic carbocycles. The number of benzene rings is 3. The Morgan fingerprint density at radius 3 is 2.08 bits per heavy atom. The van der Waals surface area contributed by atoms with Crippen LogP contribution in [0.15, 0.2) is 84.9 Å². The second kappa shape index (κ2) is 12.3. The molecular formula is C31H33N3O5. The Hall–Kier alpha value is -4.59. The molecule has 39 heavy (non-hydrogen) atoms. The number of aromatic amines is 1. The molecule has 1 heterocycles. The molecular weight excluding hydrogens is 494 g/mol. The molecule has 8 heteroatoms. The van der Waals surface area contributed by atoms with Gasteiger partial charge in [0.05, 0.1) is 0 Å². The second-order valence-corrected chi connectivity index (χ2v) is 9.56. The zero-order valence-electron chi connectivity index (χ0n) is 22.3. The number of carbonyl (C=O) groups is 3. The topological polar surface area (TPSA) is 101 Å². The number of hydrazine groups is 1. The third-order valence-electron chi connectivity index (χ3n) is 6.93. The summed E-state index contributed by atoms with van der Waals surface area (Å²) in [5.41, 5.74) is 5.24. The highest BCUT2D eigenvalue weighted by atomic mass is 16.6. The Morgan fingerprint density at radius 2 is 1.49 bits per heavy atom. The van der Waals surface area contributed by atoms with Crippen LogP contribution < -0.4 is 5.43 Å². The molecule has 0 aliphatic heterocycles. The third-order valence-corrected chi connectivity index (χ3v) is 6.93. The number of hydrogen-bond acceptors (Lipinski definition) is 5. The number of amides is 2. The van der Waals surface area contributed by atoms with Crippen molar-refractivity contribution in [1.29, 1.82) is 0 Å². The highest BCUT2D eigenvalue weighted by Crippen LogP contribution is 2.40. The Morgan fingerprint density at radius 1 is 0.923 bits per heavy atom. The van der Waals surface area contributed by atoms with Crippen molar-refractivity contribution in [3.05, 3.63) is 107 Å². The van der Waals surface area contributed by atoms with E-state index in [0.717, 1.165) is 38.3 Å². The van der Waals surface area contributed by atoms with Crippen LogP contribution in [0.2, 0.25) is 0 Å². The average Bonchev–Trinajstić information content (AvgIpc) is 3.30. The van der Waals surface area contributed by atoms with Gasteiger partial charge in [0.1, 0.15) is 25.0 Å². The molecule has 2 atom stereocenters. The zero-order chi connectivity index (χ0) is 27.8. The van der Waals surface area contributed by atoms with E-state index in [9.17, 15) is 14.4 Å². The van der Waals surface area contributed by atoms with E-state index < -0.39 is 23.6 Å². The number of nitrogens with one attached hydrogen (secondary N) is 2. The second-order valence-electron chi connectivity index (χ2n) is 9.56. The van der Waals surface area contributed by atoms with Gasteiger partial charge in [-0.2, -0.15) is 0 Å². The maximum absolute atomic E-state index is 13.5. The van der Waals surface area contributed by atoms with Crippen LogP contribution in [-0.2, 0) is 27.5 Å². The van der Waals surface area contributed by atoms with Crippen LogP contribution in [0.4, 0.5) is 9.59 Å². The van der Waals surface area contributed by atoms with Gasteiger partial charge >= 0.3 is 12.2 Å². The van der Waals surface area contributed by atoms with Gasteiger partial charge in [0.2, 0.25) is 0 Å². The van der Waals surface area contributed by atoms with Crippen LogP contribution in [0, 0.1) is 6.92 Å². The van der Waals surface area contributed by atoms with Crippen LogP contribution in [0.5, 0.6) is 0 Å². The van der Waals surface area contributed by atoms with Crippen LogP contribution in [0.3, 0.4) is 0 Å². The minimum Gasteiger partial charge on any atom is -0.443 e. The highest BCUT2D eigenvalue weighted by Gasteiger charge is 2.46. The number of fused-ring (bicyclic) bond motifs is 1. The molecule has 2 amide bonds. The summed E-state index contributed by atoms with van der Waals surface area (Å²) in [7, 11) is 0. The molecule has 0 spiro atoms. The van der Waals surface area contributed by atoms with E-state index in [1.807, 2.05) is 98.8 Å². The summed E-state index contributed by atoms with van der Waals surface area (Å²) in [6.45, 7) is 5.46. The predicted octanol–water partition coefficient (Wildman–Crippen LogP) is 6.41. The first kappa shape index (κ1) is 27.4. The summed E-state index contributed by atoms with van der Waals surface area (Å²) in [6.07, 6.45) is -0.569. The lowest BCUT2D eigenvalue weighted by molar-refractivity contribution is -0.120. The maximum atomic E-state index is 13.5. The largest absolute Gasteiger partial charge is 0.443 e. The Labute approximate surface area is 227 Å². The number of hydrogen-bond donors (Lipinski definition) is 2. The lowest BCUT2D eigenvalue weighted by Crippen LogP contribution is -2.62. The zero-order valence-corrected chi connectivity index (χ0v) is 22.3. The molecule has 2 N–H and O–H groups in total. The minimum absolute atomic E-state index is 0.00383. The fourth-order valence-corrected chi connectivity index (χ4v) is 4.94. The number of nitrogens with zero attached hydrogens (tertiary/aromatic N) is 1. The lowest BCUT2D eigenvalue weighted by Gasteiger charge is -2.41. The van der Waals surface area contributed by atoms with Gasteiger partial charge in [-0.05, 0) is 43.0 Å². The molecule has 0 fully saturated rings. The van der Waals surface area contributed by atoms with Gasteiger partial charge in [-0.25, -0.2) is 20.0 Å². The fourth-order valence-electron chi connectivity index (χ4n) is 4.94.